The molecule has 0 unspecified atom stereocenters. The van der Waals surface area contributed by atoms with Gasteiger partial charge in [-0.3, -0.25) is 4.98 Å². The van der Waals surface area contributed by atoms with Crippen molar-refractivity contribution in [3.63, 3.8) is 0 Å². The summed E-state index contributed by atoms with van der Waals surface area (Å²) in [6, 6.07) is 5.78. The zero-order valence-corrected chi connectivity index (χ0v) is 9.31. The first-order chi connectivity index (χ1) is 7.83. The van der Waals surface area contributed by atoms with Crippen LogP contribution in [-0.4, -0.2) is 14.5 Å². The molecule has 0 saturated carbocycles. The van der Waals surface area contributed by atoms with E-state index in [4.69, 9.17) is 5.73 Å². The summed E-state index contributed by atoms with van der Waals surface area (Å²) in [5, 5.41) is 0. The van der Waals surface area contributed by atoms with E-state index in [1.54, 1.807) is 11.3 Å². The maximum absolute atomic E-state index is 5.71. The SMILES string of the molecule is Nc1ccc2c(c1)ncn2Cc1cncs1. The summed E-state index contributed by atoms with van der Waals surface area (Å²) >= 11 is 1.65. The standard InChI is InChI=1S/C11H10N4S/c12-8-1-2-11-10(3-8)14-6-15(11)5-9-4-13-7-16-9/h1-4,6-7H,5,12H2. The van der Waals surface area contributed by atoms with Gasteiger partial charge in [0, 0.05) is 16.8 Å². The third-order valence-corrected chi connectivity index (χ3v) is 3.22. The molecule has 4 nitrogen and oxygen atoms in total. The molecule has 0 radical (unpaired) electrons. The number of imidazole rings is 1. The highest BCUT2D eigenvalue weighted by atomic mass is 32.1. The predicted molar refractivity (Wildman–Crippen MR) is 65.4 cm³/mol. The first-order valence-corrected chi connectivity index (χ1v) is 5.78. The normalized spacial score (nSPS) is 11.0. The highest BCUT2D eigenvalue weighted by Gasteiger charge is 2.04. The number of benzene rings is 1. The Bertz CT molecular complexity index is 612. The second-order valence-electron chi connectivity index (χ2n) is 3.59. The zero-order valence-electron chi connectivity index (χ0n) is 8.50. The Balaban J connectivity index is 2.04. The lowest BCUT2D eigenvalue weighted by Crippen LogP contribution is -1.95. The Morgan fingerprint density at radius 2 is 2.31 bits per heavy atom. The van der Waals surface area contributed by atoms with Gasteiger partial charge in [0.15, 0.2) is 0 Å². The van der Waals surface area contributed by atoms with Gasteiger partial charge in [0.25, 0.3) is 0 Å². The summed E-state index contributed by atoms with van der Waals surface area (Å²) in [6.45, 7) is 0.811. The van der Waals surface area contributed by atoms with Crippen molar-refractivity contribution in [2.24, 2.45) is 0 Å². The lowest BCUT2D eigenvalue weighted by Gasteiger charge is -2.01. The Kier molecular flexibility index (Phi) is 2.11. The molecule has 3 aromatic rings. The number of hydrogen-bond acceptors (Lipinski definition) is 4. The highest BCUT2D eigenvalue weighted by molar-refractivity contribution is 7.09. The second-order valence-corrected chi connectivity index (χ2v) is 4.56. The van der Waals surface area contributed by atoms with E-state index in [0.717, 1.165) is 23.3 Å². The van der Waals surface area contributed by atoms with Gasteiger partial charge in [0.05, 0.1) is 29.4 Å². The van der Waals surface area contributed by atoms with Crippen LogP contribution in [0.3, 0.4) is 0 Å². The Labute approximate surface area is 96.4 Å². The Hall–Kier alpha value is -1.88. The molecule has 16 heavy (non-hydrogen) atoms. The molecular formula is C11H10N4S. The number of thiazole rings is 1. The van der Waals surface area contributed by atoms with Crippen LogP contribution in [0.4, 0.5) is 5.69 Å². The summed E-state index contributed by atoms with van der Waals surface area (Å²) in [7, 11) is 0. The van der Waals surface area contributed by atoms with Crippen LogP contribution >= 0.6 is 11.3 Å². The molecule has 0 saturated heterocycles. The van der Waals surface area contributed by atoms with Crippen LogP contribution in [0.15, 0.2) is 36.2 Å². The zero-order chi connectivity index (χ0) is 11.0. The van der Waals surface area contributed by atoms with Crippen molar-refractivity contribution in [1.82, 2.24) is 14.5 Å². The third-order valence-electron chi connectivity index (χ3n) is 2.45. The predicted octanol–water partition coefficient (Wildman–Crippen LogP) is 2.12. The Morgan fingerprint density at radius 3 is 3.12 bits per heavy atom. The first-order valence-electron chi connectivity index (χ1n) is 4.91. The van der Waals surface area contributed by atoms with Gasteiger partial charge in [-0.05, 0) is 18.2 Å². The van der Waals surface area contributed by atoms with Gasteiger partial charge < -0.3 is 10.3 Å². The number of aromatic nitrogens is 3. The van der Waals surface area contributed by atoms with Crippen molar-refractivity contribution in [1.29, 1.82) is 0 Å². The van der Waals surface area contributed by atoms with Gasteiger partial charge in [-0.25, -0.2) is 4.98 Å². The van der Waals surface area contributed by atoms with Gasteiger partial charge in [0.2, 0.25) is 0 Å². The van der Waals surface area contributed by atoms with Gasteiger partial charge >= 0.3 is 0 Å². The first kappa shape index (κ1) is 9.35. The maximum atomic E-state index is 5.71. The maximum Gasteiger partial charge on any atom is 0.0961 e. The van der Waals surface area contributed by atoms with Gasteiger partial charge in [-0.1, -0.05) is 0 Å². The number of nitrogens with zero attached hydrogens (tertiary/aromatic N) is 3. The number of rotatable bonds is 2. The van der Waals surface area contributed by atoms with Crippen LogP contribution in [0.2, 0.25) is 0 Å². The molecule has 3 rings (SSSR count). The molecule has 0 aliphatic heterocycles. The summed E-state index contributed by atoms with van der Waals surface area (Å²) in [5.41, 5.74) is 10.3. The fourth-order valence-corrected chi connectivity index (χ4v) is 2.29. The molecule has 0 amide bonds. The van der Waals surface area contributed by atoms with Crippen LogP contribution in [0, 0.1) is 0 Å². The largest absolute Gasteiger partial charge is 0.399 e. The number of fused-ring (bicyclic) bond motifs is 1. The number of nitrogen functional groups attached to an aromatic ring is 1. The molecule has 0 spiro atoms. The van der Waals surface area contributed by atoms with Crippen LogP contribution in [-0.2, 0) is 6.54 Å². The molecule has 0 atom stereocenters. The van der Waals surface area contributed by atoms with Crippen molar-refractivity contribution in [2.75, 3.05) is 5.73 Å². The summed E-state index contributed by atoms with van der Waals surface area (Å²) < 4.78 is 2.10. The smallest absolute Gasteiger partial charge is 0.0961 e. The van der Waals surface area contributed by atoms with Gasteiger partial charge in [-0.15, -0.1) is 11.3 Å². The topological polar surface area (TPSA) is 56.7 Å². The average Bonchev–Trinajstić information content (AvgIpc) is 2.89. The van der Waals surface area contributed by atoms with Crippen molar-refractivity contribution in [3.05, 3.63) is 41.1 Å². The average molecular weight is 230 g/mol. The van der Waals surface area contributed by atoms with Crippen LogP contribution in [0.5, 0.6) is 0 Å². The van der Waals surface area contributed by atoms with E-state index >= 15 is 0 Å². The molecule has 0 aliphatic rings. The molecule has 1 aromatic carbocycles. The minimum Gasteiger partial charge on any atom is -0.399 e. The van der Waals surface area contributed by atoms with Gasteiger partial charge in [-0.2, -0.15) is 0 Å². The number of anilines is 1. The van der Waals surface area contributed by atoms with E-state index in [2.05, 4.69) is 14.5 Å². The fourth-order valence-electron chi connectivity index (χ4n) is 1.69. The van der Waals surface area contributed by atoms with E-state index in [1.165, 1.54) is 4.88 Å². The second kappa shape index (κ2) is 3.61. The summed E-state index contributed by atoms with van der Waals surface area (Å²) in [5.74, 6) is 0. The van der Waals surface area contributed by atoms with Crippen molar-refractivity contribution in [3.8, 4) is 0 Å². The minimum atomic E-state index is 0.746. The number of hydrogen-bond donors (Lipinski definition) is 1. The number of nitrogens with two attached hydrogens (primary N) is 1. The lowest BCUT2D eigenvalue weighted by atomic mass is 10.3. The molecule has 0 aliphatic carbocycles. The van der Waals surface area contributed by atoms with Crippen LogP contribution in [0.1, 0.15) is 4.88 Å². The van der Waals surface area contributed by atoms with E-state index in [-0.39, 0.29) is 0 Å². The molecule has 2 heterocycles. The van der Waals surface area contributed by atoms with Crippen molar-refractivity contribution < 1.29 is 0 Å². The summed E-state index contributed by atoms with van der Waals surface area (Å²) in [6.07, 6.45) is 3.72. The van der Waals surface area contributed by atoms with E-state index < -0.39 is 0 Å². The molecule has 5 heteroatoms. The lowest BCUT2D eigenvalue weighted by molar-refractivity contribution is 0.836. The van der Waals surface area contributed by atoms with Crippen LogP contribution in [0.25, 0.3) is 11.0 Å². The molecule has 80 valence electrons. The monoisotopic (exact) mass is 230 g/mol. The minimum absolute atomic E-state index is 0.746. The highest BCUT2D eigenvalue weighted by Crippen LogP contribution is 2.18. The third kappa shape index (κ3) is 1.55. The molecular weight excluding hydrogens is 220 g/mol. The summed E-state index contributed by atoms with van der Waals surface area (Å²) in [4.78, 5) is 9.61. The van der Waals surface area contributed by atoms with Gasteiger partial charge in [0.1, 0.15) is 0 Å². The van der Waals surface area contributed by atoms with E-state index in [1.807, 2.05) is 36.2 Å². The fraction of sp³-hybridized carbons (Fsp3) is 0.0909. The molecule has 2 aromatic heterocycles. The Morgan fingerprint density at radius 1 is 1.38 bits per heavy atom. The van der Waals surface area contributed by atoms with E-state index in [0.29, 0.717) is 0 Å². The molecule has 0 bridgehead atoms. The van der Waals surface area contributed by atoms with Crippen LogP contribution < -0.4 is 5.73 Å². The quantitative estimate of drug-likeness (QED) is 0.686. The van der Waals surface area contributed by atoms with Crippen molar-refractivity contribution >= 4 is 28.1 Å². The molecule has 0 fully saturated rings. The van der Waals surface area contributed by atoms with E-state index in [9.17, 15) is 0 Å². The van der Waals surface area contributed by atoms with Crippen molar-refractivity contribution in [2.45, 2.75) is 6.54 Å². The molecule has 2 N–H and O–H groups in total.